The van der Waals surface area contributed by atoms with Gasteiger partial charge < -0.3 is 0 Å². The van der Waals surface area contributed by atoms with Crippen LogP contribution in [0.3, 0.4) is 0 Å². The van der Waals surface area contributed by atoms with Crippen molar-refractivity contribution in [1.82, 2.24) is 0 Å². The molecule has 0 fully saturated rings. The van der Waals surface area contributed by atoms with Crippen molar-refractivity contribution >= 4 is 23.3 Å². The summed E-state index contributed by atoms with van der Waals surface area (Å²) in [6.07, 6.45) is 2.01. The topological polar surface area (TPSA) is 64.8 Å². The van der Waals surface area contributed by atoms with Crippen molar-refractivity contribution in [3.05, 3.63) is 76.9 Å². The van der Waals surface area contributed by atoms with Crippen molar-refractivity contribution in [2.45, 2.75) is 0 Å². The van der Waals surface area contributed by atoms with Crippen molar-refractivity contribution in [2.75, 3.05) is 0 Å². The van der Waals surface area contributed by atoms with Gasteiger partial charge in [0, 0.05) is 5.57 Å². The summed E-state index contributed by atoms with van der Waals surface area (Å²) in [4.78, 5) is 11.0. The summed E-state index contributed by atoms with van der Waals surface area (Å²) >= 11 is 0. The molecule has 1 aliphatic rings. The largest absolute Gasteiger partial charge is 0.299 e. The lowest BCUT2D eigenvalue weighted by atomic mass is 9.90. The smallest absolute Gasteiger partial charge is 0.170 e. The molecule has 0 heterocycles. The van der Waals surface area contributed by atoms with E-state index in [4.69, 9.17) is 10.8 Å². The minimum absolute atomic E-state index is 0.0388. The number of benzene rings is 2. The molecule has 0 unspecified atom stereocenters. The highest BCUT2D eigenvalue weighted by molar-refractivity contribution is 6.55. The number of aldehydes is 1. The number of carbonyl (C=O) groups excluding carboxylic acids is 1. The fourth-order valence-corrected chi connectivity index (χ4v) is 2.65. The van der Waals surface area contributed by atoms with E-state index >= 15 is 0 Å². The maximum Gasteiger partial charge on any atom is 0.170 e. The zero-order valence-corrected chi connectivity index (χ0v) is 13.0. The molecule has 130 valence electrons. The predicted molar refractivity (Wildman–Crippen MR) is 89.3 cm³/mol. The summed E-state index contributed by atoms with van der Waals surface area (Å²) in [5.41, 5.74) is -3.59. The van der Waals surface area contributed by atoms with Crippen LogP contribution < -0.4 is 0 Å². The van der Waals surface area contributed by atoms with Crippen LogP contribution in [0, 0.1) is 34.1 Å². The Hall–Kier alpha value is -3.35. The van der Waals surface area contributed by atoms with Crippen LogP contribution in [0.1, 0.15) is 5.56 Å². The summed E-state index contributed by atoms with van der Waals surface area (Å²) < 4.78 is 58.1. The molecular weight excluding hydrogens is 348 g/mol. The van der Waals surface area contributed by atoms with E-state index in [0.717, 1.165) is 12.2 Å². The summed E-state index contributed by atoms with van der Waals surface area (Å²) in [7, 11) is 0. The average molecular weight is 358 g/mol. The van der Waals surface area contributed by atoms with Crippen molar-refractivity contribution in [2.24, 2.45) is 0 Å². The highest BCUT2D eigenvalue weighted by Crippen LogP contribution is 2.36. The normalized spacial score (nSPS) is 14.2. The van der Waals surface area contributed by atoms with Gasteiger partial charge in [-0.15, -0.1) is 0 Å². The Kier molecular flexibility index (Phi) is 4.38. The maximum absolute atomic E-state index is 14.6. The first kappa shape index (κ1) is 17.5. The van der Waals surface area contributed by atoms with E-state index in [-0.39, 0.29) is 17.4 Å². The average Bonchev–Trinajstić information content (AvgIpc) is 2.64. The molecule has 2 aromatic carbocycles. The van der Waals surface area contributed by atoms with Crippen molar-refractivity contribution in [3.63, 3.8) is 0 Å². The second-order valence-corrected chi connectivity index (χ2v) is 5.48. The molecule has 0 aliphatic heterocycles. The number of halogens is 4. The molecule has 0 bridgehead atoms. The molecule has 0 radical (unpaired) electrons. The molecule has 26 heavy (non-hydrogen) atoms. The first-order chi connectivity index (χ1) is 12.4. The lowest BCUT2D eigenvalue weighted by molar-refractivity contribution is -0.104. The Bertz CT molecular complexity index is 995. The Labute approximate surface area is 145 Å². The van der Waals surface area contributed by atoms with Crippen molar-refractivity contribution in [1.29, 1.82) is 10.8 Å². The van der Waals surface area contributed by atoms with Gasteiger partial charge >= 0.3 is 0 Å². The minimum Gasteiger partial charge on any atom is -0.299 e. The Balaban J connectivity index is 2.28. The molecule has 0 saturated carbocycles. The van der Waals surface area contributed by atoms with Crippen molar-refractivity contribution in [3.8, 4) is 11.1 Å². The second kappa shape index (κ2) is 6.51. The third kappa shape index (κ3) is 2.67. The molecular formula is C19H10F4N2O. The first-order valence-corrected chi connectivity index (χ1v) is 7.35. The summed E-state index contributed by atoms with van der Waals surface area (Å²) in [5, 5.41) is 15.1. The quantitative estimate of drug-likeness (QED) is 0.361. The Morgan fingerprint density at radius 1 is 0.769 bits per heavy atom. The molecule has 2 aromatic rings. The minimum atomic E-state index is -1.64. The third-order valence-electron chi connectivity index (χ3n) is 3.91. The number of hydrogen-bond acceptors (Lipinski definition) is 3. The van der Waals surface area contributed by atoms with Gasteiger partial charge in [-0.2, -0.15) is 0 Å². The molecule has 0 spiro atoms. The van der Waals surface area contributed by atoms with E-state index in [1.165, 1.54) is 24.3 Å². The second-order valence-electron chi connectivity index (χ2n) is 5.48. The van der Waals surface area contributed by atoms with Crippen LogP contribution in [-0.2, 0) is 4.79 Å². The van der Waals surface area contributed by atoms with Crippen LogP contribution in [0.5, 0.6) is 0 Å². The molecule has 3 rings (SSSR count). The molecule has 0 amide bonds. The molecule has 1 aliphatic carbocycles. The van der Waals surface area contributed by atoms with Gasteiger partial charge in [0.15, 0.2) is 29.6 Å². The standard InChI is InChI=1S/C19H10F4N2O/c20-15-13(9-4-2-1-3-5-9)16(21)18(23)14(17(15)22)10-6-11(8-26)19(25)12(24)7-10/h1-8,24-25H. The van der Waals surface area contributed by atoms with E-state index in [9.17, 15) is 22.4 Å². The molecule has 0 aromatic heterocycles. The van der Waals surface area contributed by atoms with E-state index < -0.39 is 51.4 Å². The van der Waals surface area contributed by atoms with Crippen LogP contribution in [-0.4, -0.2) is 17.7 Å². The zero-order chi connectivity index (χ0) is 19.0. The maximum atomic E-state index is 14.6. The van der Waals surface area contributed by atoms with Crippen molar-refractivity contribution < 1.29 is 22.4 Å². The monoisotopic (exact) mass is 358 g/mol. The van der Waals surface area contributed by atoms with Crippen LogP contribution in [0.4, 0.5) is 17.6 Å². The highest BCUT2D eigenvalue weighted by Gasteiger charge is 2.29. The van der Waals surface area contributed by atoms with Gasteiger partial charge in [-0.3, -0.25) is 15.6 Å². The van der Waals surface area contributed by atoms with Gasteiger partial charge in [-0.05, 0) is 23.3 Å². The Morgan fingerprint density at radius 2 is 1.31 bits per heavy atom. The lowest BCUT2D eigenvalue weighted by Gasteiger charge is -2.16. The molecule has 3 nitrogen and oxygen atoms in total. The van der Waals surface area contributed by atoms with Gasteiger partial charge in [0.25, 0.3) is 0 Å². The molecule has 2 N–H and O–H groups in total. The van der Waals surface area contributed by atoms with E-state index in [1.54, 1.807) is 6.07 Å². The van der Waals surface area contributed by atoms with E-state index in [1.807, 2.05) is 0 Å². The molecule has 0 atom stereocenters. The van der Waals surface area contributed by atoms with Crippen LogP contribution >= 0.6 is 0 Å². The predicted octanol–water partition coefficient (Wildman–Crippen LogP) is 4.47. The summed E-state index contributed by atoms with van der Waals surface area (Å²) in [6, 6.07) is 7.13. The van der Waals surface area contributed by atoms with E-state index in [0.29, 0.717) is 0 Å². The number of rotatable bonds is 3. The fraction of sp³-hybridized carbons (Fsp3) is 0. The van der Waals surface area contributed by atoms with Gasteiger partial charge in [0.05, 0.1) is 22.6 Å². The summed E-state index contributed by atoms with van der Waals surface area (Å²) in [6.45, 7) is 0. The molecule has 0 saturated heterocycles. The van der Waals surface area contributed by atoms with Gasteiger partial charge in [0.1, 0.15) is 0 Å². The summed E-state index contributed by atoms with van der Waals surface area (Å²) in [5.74, 6) is -6.45. The van der Waals surface area contributed by atoms with Crippen LogP contribution in [0.15, 0.2) is 48.1 Å². The number of allylic oxidation sites excluding steroid dienone is 4. The number of nitrogens with one attached hydrogen (secondary N) is 2. The van der Waals surface area contributed by atoms with Crippen LogP contribution in [0.25, 0.3) is 16.7 Å². The fourth-order valence-electron chi connectivity index (χ4n) is 2.65. The van der Waals surface area contributed by atoms with Crippen LogP contribution in [0.2, 0.25) is 0 Å². The first-order valence-electron chi connectivity index (χ1n) is 7.35. The SMILES string of the molecule is N=C1C=C(c2c(F)c(F)c(-c3ccccc3)c(F)c2F)C=C(C=O)C1=N. The number of carbonyl (C=O) groups is 1. The van der Waals surface area contributed by atoms with Gasteiger partial charge in [0.2, 0.25) is 0 Å². The number of hydrogen-bond donors (Lipinski definition) is 2. The highest BCUT2D eigenvalue weighted by atomic mass is 19.2. The molecule has 7 heteroatoms. The Morgan fingerprint density at radius 3 is 1.85 bits per heavy atom. The van der Waals surface area contributed by atoms with Gasteiger partial charge in [-0.25, -0.2) is 17.6 Å². The lowest BCUT2D eigenvalue weighted by Crippen LogP contribution is -2.18. The van der Waals surface area contributed by atoms with Gasteiger partial charge in [-0.1, -0.05) is 30.3 Å². The zero-order valence-electron chi connectivity index (χ0n) is 13.0. The van der Waals surface area contributed by atoms with E-state index in [2.05, 4.69) is 0 Å². The third-order valence-corrected chi connectivity index (χ3v) is 3.91.